The second-order valence-corrected chi connectivity index (χ2v) is 6.83. The minimum atomic E-state index is 0.445. The van der Waals surface area contributed by atoms with E-state index in [-0.39, 0.29) is 0 Å². The SMILES string of the molecule is CCNC(=NCC(C)Cn1cccn1)NCC(C)c1cccs1. The molecule has 0 aliphatic rings. The van der Waals surface area contributed by atoms with Crippen molar-refractivity contribution in [1.82, 2.24) is 20.4 Å². The van der Waals surface area contributed by atoms with E-state index in [1.807, 2.05) is 23.1 Å². The molecule has 2 heterocycles. The minimum Gasteiger partial charge on any atom is -0.357 e. The summed E-state index contributed by atoms with van der Waals surface area (Å²) in [6, 6.07) is 6.24. The molecule has 2 aromatic heterocycles. The molecule has 0 spiro atoms. The van der Waals surface area contributed by atoms with E-state index in [4.69, 9.17) is 4.99 Å². The van der Waals surface area contributed by atoms with Crippen molar-refractivity contribution in [3.63, 3.8) is 0 Å². The molecule has 0 radical (unpaired) electrons. The third kappa shape index (κ3) is 6.06. The molecule has 0 aliphatic heterocycles. The molecule has 5 nitrogen and oxygen atoms in total. The van der Waals surface area contributed by atoms with Crippen LogP contribution in [0.1, 0.15) is 31.6 Å². The standard InChI is InChI=1S/C17H27N5S/c1-4-18-17(20-12-15(3)16-7-5-10-23-16)19-11-14(2)13-22-9-6-8-21-22/h5-10,14-15H,4,11-13H2,1-3H3,(H2,18,19,20). The number of hydrogen-bond acceptors (Lipinski definition) is 3. The van der Waals surface area contributed by atoms with Crippen LogP contribution in [0.3, 0.4) is 0 Å². The van der Waals surface area contributed by atoms with Crippen LogP contribution in [0.5, 0.6) is 0 Å². The van der Waals surface area contributed by atoms with E-state index in [9.17, 15) is 0 Å². The van der Waals surface area contributed by atoms with Crippen LogP contribution in [-0.4, -0.2) is 35.4 Å². The number of aliphatic imine (C=N–C) groups is 1. The molecule has 2 unspecified atom stereocenters. The number of guanidine groups is 1. The van der Waals surface area contributed by atoms with Gasteiger partial charge in [0.15, 0.2) is 5.96 Å². The summed E-state index contributed by atoms with van der Waals surface area (Å²) in [5.41, 5.74) is 0. The maximum absolute atomic E-state index is 4.70. The molecule has 23 heavy (non-hydrogen) atoms. The maximum Gasteiger partial charge on any atom is 0.191 e. The van der Waals surface area contributed by atoms with Crippen molar-refractivity contribution in [2.24, 2.45) is 10.9 Å². The molecule has 0 saturated carbocycles. The van der Waals surface area contributed by atoms with Crippen LogP contribution < -0.4 is 10.6 Å². The highest BCUT2D eigenvalue weighted by Gasteiger charge is 2.08. The fourth-order valence-electron chi connectivity index (χ4n) is 2.30. The van der Waals surface area contributed by atoms with Gasteiger partial charge in [-0.25, -0.2) is 0 Å². The Morgan fingerprint density at radius 1 is 1.35 bits per heavy atom. The monoisotopic (exact) mass is 333 g/mol. The van der Waals surface area contributed by atoms with Crippen molar-refractivity contribution < 1.29 is 0 Å². The van der Waals surface area contributed by atoms with E-state index in [0.29, 0.717) is 11.8 Å². The van der Waals surface area contributed by atoms with E-state index < -0.39 is 0 Å². The zero-order valence-corrected chi connectivity index (χ0v) is 15.0. The summed E-state index contributed by atoms with van der Waals surface area (Å²) in [4.78, 5) is 6.11. The van der Waals surface area contributed by atoms with Crippen LogP contribution in [0.4, 0.5) is 0 Å². The number of nitrogens with one attached hydrogen (secondary N) is 2. The Morgan fingerprint density at radius 3 is 2.87 bits per heavy atom. The normalized spacial score (nSPS) is 14.5. The zero-order valence-electron chi connectivity index (χ0n) is 14.2. The molecule has 2 atom stereocenters. The first-order valence-corrected chi connectivity index (χ1v) is 9.10. The highest BCUT2D eigenvalue weighted by Crippen LogP contribution is 2.19. The van der Waals surface area contributed by atoms with Crippen LogP contribution in [-0.2, 0) is 6.54 Å². The first-order valence-electron chi connectivity index (χ1n) is 8.22. The van der Waals surface area contributed by atoms with Gasteiger partial charge in [0.05, 0.1) is 0 Å². The van der Waals surface area contributed by atoms with Crippen LogP contribution in [0.25, 0.3) is 0 Å². The fraction of sp³-hybridized carbons (Fsp3) is 0.529. The number of rotatable bonds is 8. The van der Waals surface area contributed by atoms with Gasteiger partial charge >= 0.3 is 0 Å². The summed E-state index contributed by atoms with van der Waals surface area (Å²) in [7, 11) is 0. The third-order valence-electron chi connectivity index (χ3n) is 3.57. The van der Waals surface area contributed by atoms with Gasteiger partial charge < -0.3 is 10.6 Å². The lowest BCUT2D eigenvalue weighted by Gasteiger charge is -2.16. The Hall–Kier alpha value is -1.82. The van der Waals surface area contributed by atoms with Crippen LogP contribution in [0.2, 0.25) is 0 Å². The topological polar surface area (TPSA) is 54.2 Å². The molecule has 2 rings (SSSR count). The Balaban J connectivity index is 1.81. The largest absolute Gasteiger partial charge is 0.357 e. The van der Waals surface area contributed by atoms with Gasteiger partial charge in [0.1, 0.15) is 0 Å². The summed E-state index contributed by atoms with van der Waals surface area (Å²) in [5, 5.41) is 13.1. The van der Waals surface area contributed by atoms with Crippen molar-refractivity contribution in [2.45, 2.75) is 33.2 Å². The number of hydrogen-bond donors (Lipinski definition) is 2. The Morgan fingerprint density at radius 2 is 2.22 bits per heavy atom. The highest BCUT2D eigenvalue weighted by atomic mass is 32.1. The van der Waals surface area contributed by atoms with Gasteiger partial charge in [-0.15, -0.1) is 11.3 Å². The molecule has 6 heteroatoms. The first-order chi connectivity index (χ1) is 11.2. The van der Waals surface area contributed by atoms with E-state index in [2.05, 4.69) is 54.0 Å². The third-order valence-corrected chi connectivity index (χ3v) is 4.67. The van der Waals surface area contributed by atoms with Gasteiger partial charge in [0.2, 0.25) is 0 Å². The minimum absolute atomic E-state index is 0.445. The summed E-state index contributed by atoms with van der Waals surface area (Å²) >= 11 is 1.81. The first kappa shape index (κ1) is 17.5. The van der Waals surface area contributed by atoms with Gasteiger partial charge in [-0.2, -0.15) is 5.10 Å². The molecule has 0 aliphatic carbocycles. The summed E-state index contributed by atoms with van der Waals surface area (Å²) in [6.45, 7) is 9.95. The van der Waals surface area contributed by atoms with Crippen LogP contribution in [0.15, 0.2) is 41.0 Å². The maximum atomic E-state index is 4.70. The molecular formula is C17H27N5S. The average molecular weight is 334 g/mol. The molecule has 0 saturated heterocycles. The van der Waals surface area contributed by atoms with Crippen LogP contribution >= 0.6 is 11.3 Å². The lowest BCUT2D eigenvalue weighted by Crippen LogP contribution is -2.39. The van der Waals surface area contributed by atoms with E-state index >= 15 is 0 Å². The van der Waals surface area contributed by atoms with Gasteiger partial charge in [-0.05, 0) is 30.4 Å². The lowest BCUT2D eigenvalue weighted by molar-refractivity contribution is 0.458. The zero-order chi connectivity index (χ0) is 16.5. The molecule has 2 N–H and O–H groups in total. The Labute approximate surface area is 142 Å². The highest BCUT2D eigenvalue weighted by molar-refractivity contribution is 7.10. The summed E-state index contributed by atoms with van der Waals surface area (Å²) in [5.74, 6) is 1.82. The Bertz CT molecular complexity index is 562. The van der Waals surface area contributed by atoms with Gasteiger partial charge in [-0.3, -0.25) is 9.67 Å². The van der Waals surface area contributed by atoms with Crippen molar-refractivity contribution in [3.8, 4) is 0 Å². The number of aromatic nitrogens is 2. The second-order valence-electron chi connectivity index (χ2n) is 5.85. The smallest absolute Gasteiger partial charge is 0.191 e. The molecule has 0 bridgehead atoms. The van der Waals surface area contributed by atoms with E-state index in [0.717, 1.165) is 32.1 Å². The van der Waals surface area contributed by atoms with Crippen molar-refractivity contribution in [1.29, 1.82) is 0 Å². The molecule has 0 fully saturated rings. The number of thiophene rings is 1. The fourth-order valence-corrected chi connectivity index (χ4v) is 3.08. The van der Waals surface area contributed by atoms with Gasteiger partial charge in [0.25, 0.3) is 0 Å². The van der Waals surface area contributed by atoms with Crippen molar-refractivity contribution in [2.75, 3.05) is 19.6 Å². The second kappa shape index (κ2) is 9.35. The Kier molecular flexibility index (Phi) is 7.13. The van der Waals surface area contributed by atoms with Gasteiger partial charge in [0, 0.05) is 49.4 Å². The van der Waals surface area contributed by atoms with Crippen LogP contribution in [0, 0.1) is 5.92 Å². The molecule has 2 aromatic rings. The average Bonchev–Trinajstić information content (AvgIpc) is 3.23. The molecule has 0 amide bonds. The van der Waals surface area contributed by atoms with Crippen molar-refractivity contribution >= 4 is 17.3 Å². The van der Waals surface area contributed by atoms with Crippen molar-refractivity contribution in [3.05, 3.63) is 40.8 Å². The van der Waals surface area contributed by atoms with Gasteiger partial charge in [-0.1, -0.05) is 19.9 Å². The van der Waals surface area contributed by atoms with E-state index in [1.54, 1.807) is 11.3 Å². The lowest BCUT2D eigenvalue weighted by atomic mass is 10.1. The van der Waals surface area contributed by atoms with E-state index in [1.165, 1.54) is 4.88 Å². The predicted molar refractivity (Wildman–Crippen MR) is 98.1 cm³/mol. The summed E-state index contributed by atoms with van der Waals surface area (Å²) in [6.07, 6.45) is 3.81. The molecular weight excluding hydrogens is 306 g/mol. The molecule has 126 valence electrons. The molecule has 0 aromatic carbocycles. The number of nitrogens with zero attached hydrogens (tertiary/aromatic N) is 3. The predicted octanol–water partition coefficient (Wildman–Crippen LogP) is 2.94. The quantitative estimate of drug-likeness (QED) is 0.577. The summed E-state index contributed by atoms with van der Waals surface area (Å²) < 4.78 is 1.96.